The molecule has 0 N–H and O–H groups in total. The zero-order chi connectivity index (χ0) is 21.0. The molecule has 0 radical (unpaired) electrons. The minimum Gasteiger partial charge on any atom is -0.359 e. The number of aromatic nitrogens is 2. The summed E-state index contributed by atoms with van der Waals surface area (Å²) < 4.78 is 0. The number of rotatable bonds is 7. The van der Waals surface area contributed by atoms with E-state index in [1.165, 1.54) is 44.3 Å². The smallest absolute Gasteiger partial charge is 0.136 e. The van der Waals surface area contributed by atoms with Crippen LogP contribution in [0.15, 0.2) is 23.3 Å². The predicted molar refractivity (Wildman–Crippen MR) is 124 cm³/mol. The zero-order valence-electron chi connectivity index (χ0n) is 19.1. The van der Waals surface area contributed by atoms with Gasteiger partial charge < -0.3 is 9.80 Å². The molecule has 1 aromatic rings. The SMILES string of the molecule is CC(C)(C)c1nc(C2CCC2)cc(N2CCN(CCCCN3C=NC=CC3)CC2)n1. The van der Waals surface area contributed by atoms with E-state index in [0.717, 1.165) is 50.9 Å². The van der Waals surface area contributed by atoms with Gasteiger partial charge in [0.25, 0.3) is 0 Å². The van der Waals surface area contributed by atoms with Crippen molar-refractivity contribution in [3.05, 3.63) is 29.9 Å². The number of anilines is 1. The van der Waals surface area contributed by atoms with Gasteiger partial charge in [-0.1, -0.05) is 27.2 Å². The summed E-state index contributed by atoms with van der Waals surface area (Å²) >= 11 is 0. The van der Waals surface area contributed by atoms with Crippen molar-refractivity contribution in [2.45, 2.75) is 64.2 Å². The van der Waals surface area contributed by atoms with Crippen LogP contribution in [-0.4, -0.2) is 71.9 Å². The molecule has 4 rings (SSSR count). The van der Waals surface area contributed by atoms with Crippen LogP contribution in [-0.2, 0) is 5.41 Å². The molecule has 1 aliphatic carbocycles. The summed E-state index contributed by atoms with van der Waals surface area (Å²) in [5.74, 6) is 2.80. The average molecular weight is 411 g/mol. The van der Waals surface area contributed by atoms with E-state index in [-0.39, 0.29) is 5.41 Å². The van der Waals surface area contributed by atoms with Crippen molar-refractivity contribution >= 4 is 12.2 Å². The van der Waals surface area contributed by atoms with Gasteiger partial charge >= 0.3 is 0 Å². The van der Waals surface area contributed by atoms with Crippen LogP contribution in [0.3, 0.4) is 0 Å². The topological polar surface area (TPSA) is 47.9 Å². The van der Waals surface area contributed by atoms with Crippen molar-refractivity contribution < 1.29 is 0 Å². The molecular weight excluding hydrogens is 372 g/mol. The normalized spacial score (nSPS) is 20.6. The van der Waals surface area contributed by atoms with Crippen LogP contribution < -0.4 is 4.90 Å². The lowest BCUT2D eigenvalue weighted by Crippen LogP contribution is -2.47. The third kappa shape index (κ3) is 5.39. The Morgan fingerprint density at radius 3 is 2.40 bits per heavy atom. The highest BCUT2D eigenvalue weighted by atomic mass is 15.3. The number of piperazine rings is 1. The number of hydrogen-bond acceptors (Lipinski definition) is 6. The van der Waals surface area contributed by atoms with E-state index in [0.29, 0.717) is 5.92 Å². The van der Waals surface area contributed by atoms with Crippen LogP contribution in [0.1, 0.15) is 70.3 Å². The minimum atomic E-state index is -0.00874. The van der Waals surface area contributed by atoms with Crippen molar-refractivity contribution in [3.63, 3.8) is 0 Å². The molecule has 0 bridgehead atoms. The molecule has 0 aromatic carbocycles. The zero-order valence-corrected chi connectivity index (χ0v) is 19.1. The molecule has 1 aromatic heterocycles. The molecule has 2 fully saturated rings. The highest BCUT2D eigenvalue weighted by molar-refractivity contribution is 5.57. The number of unbranched alkanes of at least 4 members (excludes halogenated alkanes) is 1. The first kappa shape index (κ1) is 21.3. The van der Waals surface area contributed by atoms with Crippen LogP contribution in [0.5, 0.6) is 0 Å². The third-order valence-electron chi connectivity index (χ3n) is 6.55. The lowest BCUT2D eigenvalue weighted by molar-refractivity contribution is 0.249. The summed E-state index contributed by atoms with van der Waals surface area (Å²) in [5.41, 5.74) is 1.26. The molecule has 3 heterocycles. The van der Waals surface area contributed by atoms with E-state index in [1.54, 1.807) is 0 Å². The molecule has 30 heavy (non-hydrogen) atoms. The second kappa shape index (κ2) is 9.46. The highest BCUT2D eigenvalue weighted by Crippen LogP contribution is 2.37. The van der Waals surface area contributed by atoms with E-state index in [2.05, 4.69) is 52.6 Å². The summed E-state index contributed by atoms with van der Waals surface area (Å²) in [7, 11) is 0. The molecule has 1 saturated carbocycles. The van der Waals surface area contributed by atoms with Gasteiger partial charge in [-0.2, -0.15) is 0 Å². The lowest BCUT2D eigenvalue weighted by atomic mass is 9.82. The molecule has 6 nitrogen and oxygen atoms in total. The lowest BCUT2D eigenvalue weighted by Gasteiger charge is -2.36. The Kier molecular flexibility index (Phi) is 6.71. The fourth-order valence-electron chi connectivity index (χ4n) is 4.29. The van der Waals surface area contributed by atoms with E-state index in [4.69, 9.17) is 9.97 Å². The summed E-state index contributed by atoms with van der Waals surface area (Å²) in [5, 5.41) is 0. The molecule has 3 aliphatic rings. The average Bonchev–Trinajstić information content (AvgIpc) is 2.70. The summed E-state index contributed by atoms with van der Waals surface area (Å²) in [4.78, 5) is 21.5. The maximum atomic E-state index is 4.99. The summed E-state index contributed by atoms with van der Waals surface area (Å²) in [6.07, 6.45) is 12.4. The standard InChI is InChI=1S/C24H38N6/c1-24(2,3)23-26-21(20-8-6-9-20)18-22(27-23)30-16-14-28(15-17-30)11-4-5-12-29-13-7-10-25-19-29/h7,10,18-20H,4-6,8-9,11-17H2,1-3H3. The van der Waals surface area contributed by atoms with Crippen molar-refractivity contribution in [2.24, 2.45) is 4.99 Å². The van der Waals surface area contributed by atoms with Gasteiger partial charge in [-0.15, -0.1) is 0 Å². The van der Waals surface area contributed by atoms with Crippen LogP contribution in [0.25, 0.3) is 0 Å². The van der Waals surface area contributed by atoms with Gasteiger partial charge in [-0.25, -0.2) is 15.0 Å². The maximum Gasteiger partial charge on any atom is 0.136 e. The number of aliphatic imine (C=N–C) groups is 1. The summed E-state index contributed by atoms with van der Waals surface area (Å²) in [6.45, 7) is 14.3. The van der Waals surface area contributed by atoms with Crippen LogP contribution in [0.2, 0.25) is 0 Å². The Hall–Kier alpha value is -1.95. The third-order valence-corrected chi connectivity index (χ3v) is 6.55. The van der Waals surface area contributed by atoms with Gasteiger partial charge in [-0.05, 0) is 38.3 Å². The number of nitrogens with zero attached hydrogens (tertiary/aromatic N) is 6. The largest absolute Gasteiger partial charge is 0.359 e. The minimum absolute atomic E-state index is 0.00874. The second-order valence-corrected chi connectivity index (χ2v) is 10.0. The Morgan fingerprint density at radius 2 is 1.77 bits per heavy atom. The first-order valence-corrected chi connectivity index (χ1v) is 11.8. The van der Waals surface area contributed by atoms with Gasteiger partial charge in [0.05, 0.1) is 6.34 Å². The maximum absolute atomic E-state index is 4.99. The highest BCUT2D eigenvalue weighted by Gasteiger charge is 2.27. The Balaban J connectivity index is 1.28. The van der Waals surface area contributed by atoms with Gasteiger partial charge in [0.1, 0.15) is 11.6 Å². The molecule has 2 aliphatic heterocycles. The van der Waals surface area contributed by atoms with E-state index in [1.807, 2.05) is 12.5 Å². The molecule has 164 valence electrons. The molecule has 1 saturated heterocycles. The van der Waals surface area contributed by atoms with E-state index in [9.17, 15) is 0 Å². The van der Waals surface area contributed by atoms with Gasteiger partial charge in [0.2, 0.25) is 0 Å². The summed E-state index contributed by atoms with van der Waals surface area (Å²) in [6, 6.07) is 2.28. The fourth-order valence-corrected chi connectivity index (χ4v) is 4.29. The Bertz CT molecular complexity index is 753. The first-order chi connectivity index (χ1) is 14.5. The molecule has 0 amide bonds. The molecular formula is C24H38N6. The Morgan fingerprint density at radius 1 is 1.00 bits per heavy atom. The van der Waals surface area contributed by atoms with Gasteiger partial charge in [-0.3, -0.25) is 4.90 Å². The van der Waals surface area contributed by atoms with E-state index >= 15 is 0 Å². The van der Waals surface area contributed by atoms with Crippen LogP contribution in [0, 0.1) is 0 Å². The predicted octanol–water partition coefficient (Wildman–Crippen LogP) is 3.80. The van der Waals surface area contributed by atoms with Crippen LogP contribution >= 0.6 is 0 Å². The number of hydrogen-bond donors (Lipinski definition) is 0. The van der Waals surface area contributed by atoms with Gasteiger partial charge in [0, 0.05) is 68.6 Å². The Labute approximate surface area is 182 Å². The second-order valence-electron chi connectivity index (χ2n) is 10.0. The van der Waals surface area contributed by atoms with Crippen molar-refractivity contribution in [2.75, 3.05) is 50.7 Å². The fraction of sp³-hybridized carbons (Fsp3) is 0.708. The monoisotopic (exact) mass is 410 g/mol. The first-order valence-electron chi connectivity index (χ1n) is 11.8. The van der Waals surface area contributed by atoms with Crippen LogP contribution in [0.4, 0.5) is 5.82 Å². The van der Waals surface area contributed by atoms with Crippen molar-refractivity contribution in [1.29, 1.82) is 0 Å². The molecule has 0 spiro atoms. The van der Waals surface area contributed by atoms with Crippen molar-refractivity contribution in [1.82, 2.24) is 19.8 Å². The van der Waals surface area contributed by atoms with E-state index < -0.39 is 0 Å². The molecule has 6 heteroatoms. The van der Waals surface area contributed by atoms with Gasteiger partial charge in [0.15, 0.2) is 0 Å². The van der Waals surface area contributed by atoms with Crippen molar-refractivity contribution in [3.8, 4) is 0 Å². The quantitative estimate of drug-likeness (QED) is 0.640. The molecule has 0 atom stereocenters. The molecule has 0 unspecified atom stereocenters.